The molecule has 2 nitrogen and oxygen atoms in total. The number of Topliss-reactive ketones (excluding diaryl/α,β-unsaturated/α-hetero) is 2. The van der Waals surface area contributed by atoms with E-state index in [1.54, 1.807) is 0 Å². The highest BCUT2D eigenvalue weighted by molar-refractivity contribution is 5.97. The Hall–Kier alpha value is -1.51. The molecule has 0 heterocycles. The minimum atomic E-state index is -0.367. The molecule has 74 valence electrons. The van der Waals surface area contributed by atoms with E-state index < -0.39 is 0 Å². The van der Waals surface area contributed by atoms with E-state index in [-0.39, 0.29) is 30.2 Å². The van der Waals surface area contributed by atoms with E-state index in [1.165, 1.54) is 31.2 Å². The number of carbonyl (C=O) groups is 2. The van der Waals surface area contributed by atoms with Crippen molar-refractivity contribution in [3.05, 3.63) is 35.6 Å². The van der Waals surface area contributed by atoms with Crippen molar-refractivity contribution in [2.45, 2.75) is 19.8 Å². The molecule has 3 heteroatoms. The molecule has 0 aliphatic heterocycles. The molecule has 0 aromatic heterocycles. The van der Waals surface area contributed by atoms with Crippen LogP contribution >= 0.6 is 0 Å². The lowest BCUT2D eigenvalue weighted by Crippen LogP contribution is -2.02. The molecule has 0 saturated heterocycles. The van der Waals surface area contributed by atoms with Gasteiger partial charge in [0.15, 0.2) is 5.78 Å². The summed E-state index contributed by atoms with van der Waals surface area (Å²) in [4.78, 5) is 22.0. The van der Waals surface area contributed by atoms with Crippen LogP contribution in [0.3, 0.4) is 0 Å². The van der Waals surface area contributed by atoms with Crippen molar-refractivity contribution in [3.63, 3.8) is 0 Å². The number of halogens is 1. The number of hydrogen-bond donors (Lipinski definition) is 0. The third-order valence-corrected chi connectivity index (χ3v) is 1.87. The molecule has 0 N–H and O–H groups in total. The predicted molar refractivity (Wildman–Crippen MR) is 50.6 cm³/mol. The number of hydrogen-bond acceptors (Lipinski definition) is 2. The summed E-state index contributed by atoms with van der Waals surface area (Å²) < 4.78 is 12.5. The summed E-state index contributed by atoms with van der Waals surface area (Å²) in [5.74, 6) is -0.506. The third-order valence-electron chi connectivity index (χ3n) is 1.87. The predicted octanol–water partition coefficient (Wildman–Crippen LogP) is 2.38. The van der Waals surface area contributed by atoms with Crippen molar-refractivity contribution in [1.29, 1.82) is 0 Å². The summed E-state index contributed by atoms with van der Waals surface area (Å²) in [6.45, 7) is 1.44. The van der Waals surface area contributed by atoms with Gasteiger partial charge in [0.2, 0.25) is 0 Å². The van der Waals surface area contributed by atoms with E-state index in [0.717, 1.165) is 0 Å². The van der Waals surface area contributed by atoms with Crippen LogP contribution in [-0.4, -0.2) is 11.6 Å². The van der Waals surface area contributed by atoms with Gasteiger partial charge < -0.3 is 4.79 Å². The molecule has 0 amide bonds. The Kier molecular flexibility index (Phi) is 3.51. The van der Waals surface area contributed by atoms with Gasteiger partial charge >= 0.3 is 0 Å². The largest absolute Gasteiger partial charge is 0.300 e. The van der Waals surface area contributed by atoms with Gasteiger partial charge in [-0.1, -0.05) is 0 Å². The molecule has 0 aliphatic carbocycles. The molecular weight excluding hydrogens is 182 g/mol. The molecule has 1 rings (SSSR count). The first-order valence-electron chi connectivity index (χ1n) is 4.38. The van der Waals surface area contributed by atoms with Crippen LogP contribution in [0.1, 0.15) is 30.1 Å². The van der Waals surface area contributed by atoms with Gasteiger partial charge in [-0.25, -0.2) is 4.39 Å². The monoisotopic (exact) mass is 193 g/mol. The van der Waals surface area contributed by atoms with Crippen LogP contribution in [-0.2, 0) is 4.79 Å². The van der Waals surface area contributed by atoms with Gasteiger partial charge in [0, 0.05) is 18.4 Å². The van der Waals surface area contributed by atoms with Crippen LogP contribution in [0.2, 0.25) is 0 Å². The number of carbonyl (C=O) groups excluding carboxylic acids is 2. The van der Waals surface area contributed by atoms with E-state index in [0.29, 0.717) is 5.56 Å². The van der Waals surface area contributed by atoms with E-state index in [9.17, 15) is 14.0 Å². The number of ketones is 2. The smallest absolute Gasteiger partial charge is 0.163 e. The summed E-state index contributed by atoms with van der Waals surface area (Å²) >= 11 is 0. The fourth-order valence-electron chi connectivity index (χ4n) is 1.07. The van der Waals surface area contributed by atoms with Crippen molar-refractivity contribution < 1.29 is 14.0 Å². The standard InChI is InChI=1S/C11H11FO2/c1-8(13)2-7-11(14)9-3-5-10(12)6-4-9/h3-6H,2,7H2,1H3/i12-1. The van der Waals surface area contributed by atoms with Gasteiger partial charge in [0.1, 0.15) is 11.6 Å². The molecule has 14 heavy (non-hydrogen) atoms. The van der Waals surface area contributed by atoms with E-state index >= 15 is 0 Å². The first-order valence-corrected chi connectivity index (χ1v) is 4.38. The van der Waals surface area contributed by atoms with E-state index in [2.05, 4.69) is 0 Å². The molecule has 1 aromatic carbocycles. The summed E-state index contributed by atoms with van der Waals surface area (Å²) in [5.41, 5.74) is 0.452. The normalized spacial score (nSPS) is 9.86. The SMILES string of the molecule is CC(=O)CCC(=O)c1ccc([18F])cc1. The second-order valence-corrected chi connectivity index (χ2v) is 3.13. The summed E-state index contributed by atoms with van der Waals surface area (Å²) in [5, 5.41) is 0. The van der Waals surface area contributed by atoms with Crippen LogP contribution < -0.4 is 0 Å². The van der Waals surface area contributed by atoms with Gasteiger partial charge in [0.25, 0.3) is 0 Å². The lowest BCUT2D eigenvalue weighted by Gasteiger charge is -1.98. The second kappa shape index (κ2) is 4.65. The molecule has 0 saturated carbocycles. The van der Waals surface area contributed by atoms with Gasteiger partial charge in [-0.3, -0.25) is 4.79 Å². The van der Waals surface area contributed by atoms with Crippen molar-refractivity contribution in [2.75, 3.05) is 0 Å². The minimum Gasteiger partial charge on any atom is -0.300 e. The Morgan fingerprint density at radius 3 is 2.21 bits per heavy atom. The molecule has 0 aliphatic rings. The van der Waals surface area contributed by atoms with Gasteiger partial charge in [-0.05, 0) is 31.2 Å². The average molecular weight is 193 g/mol. The third kappa shape index (κ3) is 3.09. The molecule has 0 fully saturated rings. The molecular formula is C11H11FO2. The molecule has 0 spiro atoms. The lowest BCUT2D eigenvalue weighted by molar-refractivity contribution is -0.116. The highest BCUT2D eigenvalue weighted by atomic mass is 18.2. The van der Waals surface area contributed by atoms with Crippen LogP contribution in [0.4, 0.5) is 4.39 Å². The first-order chi connectivity index (χ1) is 6.59. The Balaban J connectivity index is 2.61. The molecule has 0 bridgehead atoms. The van der Waals surface area contributed by atoms with Crippen molar-refractivity contribution in [1.82, 2.24) is 0 Å². The highest BCUT2D eigenvalue weighted by Gasteiger charge is 2.06. The zero-order valence-electron chi connectivity index (χ0n) is 7.92. The van der Waals surface area contributed by atoms with E-state index in [4.69, 9.17) is 0 Å². The summed E-state index contributed by atoms with van der Waals surface area (Å²) in [6.07, 6.45) is 0.442. The molecule has 0 atom stereocenters. The van der Waals surface area contributed by atoms with Crippen molar-refractivity contribution >= 4 is 11.6 Å². The summed E-state index contributed by atoms with van der Waals surface area (Å²) in [6, 6.07) is 5.33. The van der Waals surface area contributed by atoms with Crippen LogP contribution in [0, 0.1) is 5.82 Å². The Morgan fingerprint density at radius 1 is 1.14 bits per heavy atom. The Labute approximate surface area is 81.7 Å². The van der Waals surface area contributed by atoms with Gasteiger partial charge in [0.05, 0.1) is 0 Å². The highest BCUT2D eigenvalue weighted by Crippen LogP contribution is 2.07. The Morgan fingerprint density at radius 2 is 1.71 bits per heavy atom. The van der Waals surface area contributed by atoms with Crippen LogP contribution in [0.15, 0.2) is 24.3 Å². The lowest BCUT2D eigenvalue weighted by atomic mass is 10.1. The van der Waals surface area contributed by atoms with Gasteiger partial charge in [-0.15, -0.1) is 0 Å². The maximum Gasteiger partial charge on any atom is 0.163 e. The summed E-state index contributed by atoms with van der Waals surface area (Å²) in [7, 11) is 0. The average Bonchev–Trinajstić information content (AvgIpc) is 2.15. The fraction of sp³-hybridized carbons (Fsp3) is 0.273. The van der Waals surface area contributed by atoms with Crippen molar-refractivity contribution in [2.24, 2.45) is 0 Å². The first kappa shape index (κ1) is 10.6. The second-order valence-electron chi connectivity index (χ2n) is 3.13. The topological polar surface area (TPSA) is 34.1 Å². The zero-order chi connectivity index (χ0) is 10.6. The van der Waals surface area contributed by atoms with Crippen molar-refractivity contribution in [3.8, 4) is 0 Å². The number of benzene rings is 1. The maximum absolute atomic E-state index is 12.5. The van der Waals surface area contributed by atoms with E-state index in [1.807, 2.05) is 0 Å². The maximum atomic E-state index is 12.5. The fourth-order valence-corrected chi connectivity index (χ4v) is 1.07. The quantitative estimate of drug-likeness (QED) is 0.688. The molecule has 0 radical (unpaired) electrons. The zero-order valence-corrected chi connectivity index (χ0v) is 7.92. The number of rotatable bonds is 4. The molecule has 0 unspecified atom stereocenters. The minimum absolute atomic E-state index is 0.0135. The van der Waals surface area contributed by atoms with Crippen LogP contribution in [0.25, 0.3) is 0 Å². The van der Waals surface area contributed by atoms with Gasteiger partial charge in [-0.2, -0.15) is 0 Å². The molecule has 1 aromatic rings. The Bertz CT molecular complexity index is 341. The van der Waals surface area contributed by atoms with Crippen LogP contribution in [0.5, 0.6) is 0 Å².